The van der Waals surface area contributed by atoms with E-state index < -0.39 is 0 Å². The maximum Gasteiger partial charge on any atom is 0.256 e. The van der Waals surface area contributed by atoms with E-state index in [0.717, 1.165) is 31.4 Å². The van der Waals surface area contributed by atoms with Crippen molar-refractivity contribution in [2.45, 2.75) is 38.5 Å². The van der Waals surface area contributed by atoms with Crippen LogP contribution in [-0.2, 0) is 4.79 Å². The fourth-order valence-corrected chi connectivity index (χ4v) is 4.18. The topological polar surface area (TPSA) is 102 Å². The number of hydrogen-bond acceptors (Lipinski definition) is 5. The predicted molar refractivity (Wildman–Crippen MR) is 129 cm³/mol. The summed E-state index contributed by atoms with van der Waals surface area (Å²) in [7, 11) is 0. The Morgan fingerprint density at radius 2 is 1.76 bits per heavy atom. The molecule has 170 valence electrons. The Morgan fingerprint density at radius 1 is 0.971 bits per heavy atom. The van der Waals surface area contributed by atoms with Crippen molar-refractivity contribution in [3.8, 4) is 5.82 Å². The predicted octanol–water partition coefficient (Wildman–Crippen LogP) is 4.60. The molecular weight excluding hydrogens is 428 g/mol. The van der Waals surface area contributed by atoms with Gasteiger partial charge in [0.15, 0.2) is 11.5 Å². The first kappa shape index (κ1) is 20.5. The molecule has 1 aromatic carbocycles. The first-order valence-electron chi connectivity index (χ1n) is 11.6. The highest BCUT2D eigenvalue weighted by Crippen LogP contribution is 2.41. The van der Waals surface area contributed by atoms with E-state index in [-0.39, 0.29) is 17.7 Å². The van der Waals surface area contributed by atoms with Crippen LogP contribution in [0.3, 0.4) is 0 Å². The monoisotopic (exact) mass is 452 g/mol. The summed E-state index contributed by atoms with van der Waals surface area (Å²) in [5.41, 5.74) is 4.08. The molecule has 4 aromatic rings. The minimum atomic E-state index is -0.233. The molecule has 8 nitrogen and oxygen atoms in total. The highest BCUT2D eigenvalue weighted by Gasteiger charge is 2.30. The molecule has 0 atom stereocenters. The normalized spacial score (nSPS) is 15.3. The second-order valence-corrected chi connectivity index (χ2v) is 9.05. The Labute approximate surface area is 196 Å². The third-order valence-corrected chi connectivity index (χ3v) is 6.28. The average Bonchev–Trinajstić information content (AvgIpc) is 3.76. The van der Waals surface area contributed by atoms with Gasteiger partial charge >= 0.3 is 0 Å². The molecule has 0 aliphatic heterocycles. The number of carbonyl (C=O) groups is 2. The van der Waals surface area contributed by atoms with Crippen LogP contribution in [0.5, 0.6) is 0 Å². The zero-order valence-corrected chi connectivity index (χ0v) is 18.8. The molecular formula is C26H24N6O2. The van der Waals surface area contributed by atoms with E-state index in [2.05, 4.69) is 20.7 Å². The van der Waals surface area contributed by atoms with Gasteiger partial charge in [0.25, 0.3) is 5.91 Å². The molecule has 34 heavy (non-hydrogen) atoms. The molecule has 8 heteroatoms. The van der Waals surface area contributed by atoms with Crippen LogP contribution in [0, 0.1) is 12.8 Å². The molecule has 0 bridgehead atoms. The van der Waals surface area contributed by atoms with Crippen molar-refractivity contribution in [3.63, 3.8) is 0 Å². The zero-order valence-electron chi connectivity index (χ0n) is 18.8. The largest absolute Gasteiger partial charge is 0.326 e. The quantitative estimate of drug-likeness (QED) is 0.445. The Bertz CT molecular complexity index is 1420. The molecule has 3 aromatic heterocycles. The molecule has 2 amide bonds. The van der Waals surface area contributed by atoms with Gasteiger partial charge in [-0.1, -0.05) is 12.1 Å². The molecule has 2 aliphatic rings. The zero-order chi connectivity index (χ0) is 23.2. The molecule has 0 radical (unpaired) electrons. The second-order valence-electron chi connectivity index (χ2n) is 9.05. The summed E-state index contributed by atoms with van der Waals surface area (Å²) in [5, 5.41) is 11.3. The number of nitrogens with one attached hydrogen (secondary N) is 2. The van der Waals surface area contributed by atoms with Crippen LogP contribution in [0.4, 0.5) is 11.4 Å². The summed E-state index contributed by atoms with van der Waals surface area (Å²) in [4.78, 5) is 34.9. The van der Waals surface area contributed by atoms with Gasteiger partial charge < -0.3 is 10.6 Å². The molecule has 6 rings (SSSR count). The van der Waals surface area contributed by atoms with Gasteiger partial charge in [-0.3, -0.25) is 9.59 Å². The Balaban J connectivity index is 1.37. The summed E-state index contributed by atoms with van der Waals surface area (Å²) in [6.45, 7) is 1.88. The van der Waals surface area contributed by atoms with Crippen LogP contribution >= 0.6 is 0 Å². The molecule has 2 aliphatic carbocycles. The van der Waals surface area contributed by atoms with Crippen molar-refractivity contribution in [2.24, 2.45) is 5.92 Å². The highest BCUT2D eigenvalue weighted by molar-refractivity contribution is 6.13. The number of aromatic nitrogens is 4. The lowest BCUT2D eigenvalue weighted by atomic mass is 10.1. The molecule has 3 heterocycles. The summed E-state index contributed by atoms with van der Waals surface area (Å²) in [5.74, 6) is 0.938. The lowest BCUT2D eigenvalue weighted by Crippen LogP contribution is -2.15. The van der Waals surface area contributed by atoms with Crippen molar-refractivity contribution in [1.82, 2.24) is 19.7 Å². The summed E-state index contributed by atoms with van der Waals surface area (Å²) in [6, 6.07) is 14.8. The minimum absolute atomic E-state index is 0.0333. The van der Waals surface area contributed by atoms with Crippen LogP contribution in [0.1, 0.15) is 53.3 Å². The van der Waals surface area contributed by atoms with Crippen LogP contribution < -0.4 is 10.6 Å². The van der Waals surface area contributed by atoms with E-state index in [1.807, 2.05) is 49.4 Å². The first-order chi connectivity index (χ1) is 16.6. The SMILES string of the molecule is Cc1nn(-c2ccccn2)c2nc(C3CC3)cc(C(=O)Nc3cccc(NC(=O)C4CC4)c3)c12. The van der Waals surface area contributed by atoms with Crippen LogP contribution in [0.25, 0.3) is 16.9 Å². The number of carbonyl (C=O) groups excluding carboxylic acids is 2. The number of amides is 2. The minimum Gasteiger partial charge on any atom is -0.326 e. The molecule has 0 saturated heterocycles. The van der Waals surface area contributed by atoms with Crippen LogP contribution in [-0.4, -0.2) is 31.6 Å². The fourth-order valence-electron chi connectivity index (χ4n) is 4.18. The number of nitrogens with zero attached hydrogens (tertiary/aromatic N) is 4. The van der Waals surface area contributed by atoms with Crippen molar-refractivity contribution in [3.05, 3.63) is 71.7 Å². The number of fused-ring (bicyclic) bond motifs is 1. The van der Waals surface area contributed by atoms with E-state index in [0.29, 0.717) is 45.4 Å². The van der Waals surface area contributed by atoms with E-state index in [1.54, 1.807) is 16.9 Å². The maximum atomic E-state index is 13.5. The standard InChI is InChI=1S/C26H24N6O2/c1-15-23-20(26(34)29-19-6-4-5-18(13-19)28-25(33)17-10-11-17)14-21(16-8-9-16)30-24(23)32(31-15)22-7-2-3-12-27-22/h2-7,12-14,16-17H,8-11H2,1H3,(H,28,33)(H,29,34). The lowest BCUT2D eigenvalue weighted by Gasteiger charge is -2.11. The molecule has 0 unspecified atom stereocenters. The average molecular weight is 453 g/mol. The number of aryl methyl sites for hydroxylation is 1. The highest BCUT2D eigenvalue weighted by atomic mass is 16.2. The maximum absolute atomic E-state index is 13.5. The number of benzene rings is 1. The number of hydrogen-bond donors (Lipinski definition) is 2. The number of anilines is 2. The van der Waals surface area contributed by atoms with Crippen molar-refractivity contribution >= 4 is 34.2 Å². The van der Waals surface area contributed by atoms with Gasteiger partial charge in [-0.15, -0.1) is 0 Å². The molecule has 0 spiro atoms. The fraction of sp³-hybridized carbons (Fsp3) is 0.269. The van der Waals surface area contributed by atoms with Crippen molar-refractivity contribution in [2.75, 3.05) is 10.6 Å². The van der Waals surface area contributed by atoms with Gasteiger partial charge in [-0.25, -0.2) is 9.97 Å². The second kappa shape index (κ2) is 8.06. The van der Waals surface area contributed by atoms with Gasteiger partial charge in [0.05, 0.1) is 16.6 Å². The van der Waals surface area contributed by atoms with E-state index in [9.17, 15) is 9.59 Å². The van der Waals surface area contributed by atoms with E-state index in [4.69, 9.17) is 4.98 Å². The smallest absolute Gasteiger partial charge is 0.256 e. The van der Waals surface area contributed by atoms with Gasteiger partial charge in [-0.05, 0) is 69.0 Å². The van der Waals surface area contributed by atoms with Crippen LogP contribution in [0.15, 0.2) is 54.7 Å². The third kappa shape index (κ3) is 3.91. The Kier molecular flexibility index (Phi) is 4.86. The first-order valence-corrected chi connectivity index (χ1v) is 11.6. The Morgan fingerprint density at radius 3 is 2.47 bits per heavy atom. The molecule has 2 N–H and O–H groups in total. The van der Waals surface area contributed by atoms with E-state index in [1.165, 1.54) is 0 Å². The van der Waals surface area contributed by atoms with E-state index >= 15 is 0 Å². The Hall–Kier alpha value is -4.07. The van der Waals surface area contributed by atoms with Gasteiger partial charge in [-0.2, -0.15) is 9.78 Å². The third-order valence-electron chi connectivity index (χ3n) is 6.28. The van der Waals surface area contributed by atoms with Gasteiger partial charge in [0.2, 0.25) is 5.91 Å². The summed E-state index contributed by atoms with van der Waals surface area (Å²) >= 11 is 0. The van der Waals surface area contributed by atoms with Gasteiger partial charge in [0, 0.05) is 35.1 Å². The molecule has 2 fully saturated rings. The summed E-state index contributed by atoms with van der Waals surface area (Å²) in [6.07, 6.45) is 5.73. The van der Waals surface area contributed by atoms with Gasteiger partial charge in [0.1, 0.15) is 0 Å². The molecule has 2 saturated carbocycles. The number of pyridine rings is 2. The van der Waals surface area contributed by atoms with Crippen LogP contribution in [0.2, 0.25) is 0 Å². The van der Waals surface area contributed by atoms with Crippen molar-refractivity contribution in [1.29, 1.82) is 0 Å². The summed E-state index contributed by atoms with van der Waals surface area (Å²) < 4.78 is 1.71. The lowest BCUT2D eigenvalue weighted by molar-refractivity contribution is -0.117. The number of rotatable bonds is 6. The van der Waals surface area contributed by atoms with Crippen molar-refractivity contribution < 1.29 is 9.59 Å².